The molecule has 1 amide bonds. The predicted octanol–water partition coefficient (Wildman–Crippen LogP) is 2.21. The molecular weight excluding hydrogens is 236 g/mol. The molecule has 0 aliphatic heterocycles. The first-order valence-corrected chi connectivity index (χ1v) is 7.18. The second kappa shape index (κ2) is 5.74. The second-order valence-electron chi connectivity index (χ2n) is 5.78. The summed E-state index contributed by atoms with van der Waals surface area (Å²) in [4.78, 5) is 12.0. The van der Waals surface area contributed by atoms with Gasteiger partial charge in [0, 0.05) is 12.0 Å². The third-order valence-electron chi connectivity index (χ3n) is 4.40. The van der Waals surface area contributed by atoms with Crippen LogP contribution in [-0.2, 0) is 10.2 Å². The Kier molecular flexibility index (Phi) is 4.25. The molecule has 1 fully saturated rings. The first-order valence-electron chi connectivity index (χ1n) is 7.18. The van der Waals surface area contributed by atoms with E-state index >= 15 is 0 Å². The third kappa shape index (κ3) is 3.16. The Hall–Kier alpha value is -1.35. The van der Waals surface area contributed by atoms with Crippen molar-refractivity contribution in [2.75, 3.05) is 6.54 Å². The molecule has 3 heteroatoms. The van der Waals surface area contributed by atoms with Crippen LogP contribution in [0.2, 0.25) is 0 Å². The van der Waals surface area contributed by atoms with Crippen molar-refractivity contribution in [2.45, 2.75) is 44.6 Å². The van der Waals surface area contributed by atoms with Crippen LogP contribution in [-0.4, -0.2) is 18.5 Å². The molecule has 3 N–H and O–H groups in total. The van der Waals surface area contributed by atoms with Crippen molar-refractivity contribution in [3.05, 3.63) is 35.9 Å². The van der Waals surface area contributed by atoms with Gasteiger partial charge in [-0.15, -0.1) is 0 Å². The Balaban J connectivity index is 1.91. The summed E-state index contributed by atoms with van der Waals surface area (Å²) in [6, 6.07) is 10.0. The minimum Gasteiger partial charge on any atom is -0.354 e. The molecule has 0 heterocycles. The zero-order valence-corrected chi connectivity index (χ0v) is 11.9. The molecule has 1 saturated carbocycles. The summed E-state index contributed by atoms with van der Waals surface area (Å²) in [5.41, 5.74) is 7.43. The molecule has 1 aliphatic rings. The Morgan fingerprint density at radius 1 is 1.37 bits per heavy atom. The number of rotatable bonds is 6. The molecule has 104 valence electrons. The highest BCUT2D eigenvalue weighted by atomic mass is 16.2. The molecule has 1 aromatic carbocycles. The lowest BCUT2D eigenvalue weighted by molar-refractivity contribution is -0.123. The quantitative estimate of drug-likeness (QED) is 0.824. The predicted molar refractivity (Wildman–Crippen MR) is 77.8 cm³/mol. The molecule has 2 rings (SSSR count). The van der Waals surface area contributed by atoms with E-state index in [1.54, 1.807) is 0 Å². The summed E-state index contributed by atoms with van der Waals surface area (Å²) in [5.74, 6) is 0.212. The van der Waals surface area contributed by atoms with Gasteiger partial charge >= 0.3 is 0 Å². The van der Waals surface area contributed by atoms with E-state index in [1.165, 1.54) is 5.56 Å². The van der Waals surface area contributed by atoms with Gasteiger partial charge in [0.1, 0.15) is 0 Å². The molecule has 0 bridgehead atoms. The smallest absolute Gasteiger partial charge is 0.237 e. The lowest BCUT2D eigenvalue weighted by Crippen LogP contribution is -2.46. The van der Waals surface area contributed by atoms with Crippen molar-refractivity contribution in [2.24, 2.45) is 11.7 Å². The van der Waals surface area contributed by atoms with Gasteiger partial charge in [-0.2, -0.15) is 0 Å². The van der Waals surface area contributed by atoms with Gasteiger partial charge < -0.3 is 11.1 Å². The largest absolute Gasteiger partial charge is 0.354 e. The van der Waals surface area contributed by atoms with E-state index in [0.29, 0.717) is 6.54 Å². The summed E-state index contributed by atoms with van der Waals surface area (Å²) in [6.45, 7) is 4.79. The van der Waals surface area contributed by atoms with Crippen LogP contribution in [0.5, 0.6) is 0 Å². The lowest BCUT2D eigenvalue weighted by atomic mass is 9.95. The van der Waals surface area contributed by atoms with Crippen molar-refractivity contribution < 1.29 is 4.79 Å². The Bertz CT molecular complexity index is 426. The molecule has 0 spiro atoms. The van der Waals surface area contributed by atoms with E-state index in [1.807, 2.05) is 13.0 Å². The minimum atomic E-state index is -0.392. The molecular formula is C16H24N2O. The maximum absolute atomic E-state index is 12.0. The zero-order valence-electron chi connectivity index (χ0n) is 11.9. The standard InChI is InChI=1S/C16H24N2O/c1-3-12(2)14(17)15(19)18-11-16(9-10-16)13-7-5-4-6-8-13/h4-8,12,14H,3,9-11,17H2,1-2H3,(H,18,19). The van der Waals surface area contributed by atoms with Crippen molar-refractivity contribution in [3.8, 4) is 0 Å². The van der Waals surface area contributed by atoms with Crippen LogP contribution in [0.4, 0.5) is 0 Å². The molecule has 1 aliphatic carbocycles. The summed E-state index contributed by atoms with van der Waals surface area (Å²) in [7, 11) is 0. The van der Waals surface area contributed by atoms with Gasteiger partial charge in [-0.3, -0.25) is 4.79 Å². The van der Waals surface area contributed by atoms with Crippen LogP contribution in [0, 0.1) is 5.92 Å². The fourth-order valence-electron chi connectivity index (χ4n) is 2.40. The Morgan fingerprint density at radius 2 is 2.00 bits per heavy atom. The summed E-state index contributed by atoms with van der Waals surface area (Å²) >= 11 is 0. The molecule has 1 aromatic rings. The van der Waals surface area contributed by atoms with Crippen molar-refractivity contribution in [1.82, 2.24) is 5.32 Å². The molecule has 3 nitrogen and oxygen atoms in total. The van der Waals surface area contributed by atoms with Crippen LogP contribution in [0.25, 0.3) is 0 Å². The van der Waals surface area contributed by atoms with Crippen molar-refractivity contribution in [3.63, 3.8) is 0 Å². The van der Waals surface area contributed by atoms with Crippen LogP contribution < -0.4 is 11.1 Å². The van der Waals surface area contributed by atoms with Crippen molar-refractivity contribution >= 4 is 5.91 Å². The number of carbonyl (C=O) groups excluding carboxylic acids is 1. The van der Waals surface area contributed by atoms with Crippen LogP contribution in [0.3, 0.4) is 0 Å². The average molecular weight is 260 g/mol. The number of nitrogens with one attached hydrogen (secondary N) is 1. The van der Waals surface area contributed by atoms with Gasteiger partial charge in [-0.1, -0.05) is 50.6 Å². The first kappa shape index (κ1) is 14.1. The number of hydrogen-bond acceptors (Lipinski definition) is 2. The van der Waals surface area contributed by atoms with Crippen LogP contribution >= 0.6 is 0 Å². The van der Waals surface area contributed by atoms with Gasteiger partial charge in [-0.05, 0) is 24.3 Å². The minimum absolute atomic E-state index is 0.0171. The number of hydrogen-bond donors (Lipinski definition) is 2. The number of benzene rings is 1. The highest BCUT2D eigenvalue weighted by molar-refractivity contribution is 5.81. The molecule has 2 unspecified atom stereocenters. The maximum Gasteiger partial charge on any atom is 0.237 e. The zero-order chi connectivity index (χ0) is 13.9. The molecule has 0 saturated heterocycles. The van der Waals surface area contributed by atoms with Crippen molar-refractivity contribution in [1.29, 1.82) is 0 Å². The summed E-state index contributed by atoms with van der Waals surface area (Å²) < 4.78 is 0. The highest BCUT2D eigenvalue weighted by Gasteiger charge is 2.44. The highest BCUT2D eigenvalue weighted by Crippen LogP contribution is 2.47. The maximum atomic E-state index is 12.0. The lowest BCUT2D eigenvalue weighted by Gasteiger charge is -2.21. The normalized spacial score (nSPS) is 19.5. The second-order valence-corrected chi connectivity index (χ2v) is 5.78. The summed E-state index contributed by atoms with van der Waals surface area (Å²) in [6.07, 6.45) is 3.23. The Labute approximate surface area is 115 Å². The third-order valence-corrected chi connectivity index (χ3v) is 4.40. The fourth-order valence-corrected chi connectivity index (χ4v) is 2.40. The van der Waals surface area contributed by atoms with Gasteiger partial charge in [0.05, 0.1) is 6.04 Å². The Morgan fingerprint density at radius 3 is 2.53 bits per heavy atom. The van der Waals surface area contributed by atoms with Gasteiger partial charge in [-0.25, -0.2) is 0 Å². The summed E-state index contributed by atoms with van der Waals surface area (Å²) in [5, 5.41) is 3.03. The average Bonchev–Trinajstić information content (AvgIpc) is 3.25. The number of nitrogens with two attached hydrogens (primary N) is 1. The van der Waals surface area contributed by atoms with E-state index in [-0.39, 0.29) is 17.2 Å². The SMILES string of the molecule is CCC(C)C(N)C(=O)NCC1(c2ccccc2)CC1. The molecule has 2 atom stereocenters. The van der Waals surface area contributed by atoms with E-state index in [4.69, 9.17) is 5.73 Å². The monoisotopic (exact) mass is 260 g/mol. The van der Waals surface area contributed by atoms with Gasteiger partial charge in [0.15, 0.2) is 0 Å². The number of carbonyl (C=O) groups is 1. The fraction of sp³-hybridized carbons (Fsp3) is 0.562. The van der Waals surface area contributed by atoms with E-state index in [9.17, 15) is 4.79 Å². The first-order chi connectivity index (χ1) is 9.09. The van der Waals surface area contributed by atoms with Gasteiger partial charge in [0.2, 0.25) is 5.91 Å². The molecule has 19 heavy (non-hydrogen) atoms. The molecule has 0 aromatic heterocycles. The van der Waals surface area contributed by atoms with E-state index in [0.717, 1.165) is 19.3 Å². The molecule has 0 radical (unpaired) electrons. The van der Waals surface area contributed by atoms with Gasteiger partial charge in [0.25, 0.3) is 0 Å². The van der Waals surface area contributed by atoms with E-state index in [2.05, 4.69) is 36.5 Å². The van der Waals surface area contributed by atoms with Crippen LogP contribution in [0.15, 0.2) is 30.3 Å². The topological polar surface area (TPSA) is 55.1 Å². The number of amides is 1. The van der Waals surface area contributed by atoms with Crippen LogP contribution in [0.1, 0.15) is 38.7 Å². The van der Waals surface area contributed by atoms with E-state index < -0.39 is 6.04 Å².